The number of aromatic nitrogens is 3. The summed E-state index contributed by atoms with van der Waals surface area (Å²) in [5.74, 6) is -0.228. The largest absolute Gasteiger partial charge is 0.318 e. The molecular formula is C14H18N4O. The van der Waals surface area contributed by atoms with Crippen LogP contribution in [0.15, 0.2) is 30.7 Å². The molecule has 1 N–H and O–H groups in total. The molecule has 1 amide bonds. The molecule has 2 rings (SSSR count). The first kappa shape index (κ1) is 13.3. The first-order valence-corrected chi connectivity index (χ1v) is 6.13. The molecule has 0 aliphatic carbocycles. The van der Waals surface area contributed by atoms with E-state index in [1.165, 1.54) is 0 Å². The van der Waals surface area contributed by atoms with Crippen LogP contribution in [0.4, 0.5) is 5.69 Å². The maximum absolute atomic E-state index is 12.0. The van der Waals surface area contributed by atoms with E-state index in [4.69, 9.17) is 0 Å². The van der Waals surface area contributed by atoms with Crippen LogP contribution in [0.1, 0.15) is 36.8 Å². The van der Waals surface area contributed by atoms with Gasteiger partial charge in [0.25, 0.3) is 5.91 Å². The second kappa shape index (κ2) is 4.84. The first-order valence-electron chi connectivity index (χ1n) is 6.13. The molecule has 2 aromatic rings. The molecule has 0 fully saturated rings. The molecule has 0 aliphatic heterocycles. The van der Waals surface area contributed by atoms with E-state index in [2.05, 4.69) is 36.2 Å². The maximum Gasteiger partial charge on any atom is 0.274 e. The van der Waals surface area contributed by atoms with Gasteiger partial charge in [0.05, 0.1) is 11.9 Å². The van der Waals surface area contributed by atoms with E-state index in [1.807, 2.05) is 6.07 Å². The van der Waals surface area contributed by atoms with Crippen LogP contribution in [-0.2, 0) is 12.5 Å². The molecule has 0 aromatic carbocycles. The lowest BCUT2D eigenvalue weighted by Gasteiger charge is -2.18. The summed E-state index contributed by atoms with van der Waals surface area (Å²) >= 11 is 0. The van der Waals surface area contributed by atoms with Crippen LogP contribution in [0.2, 0.25) is 0 Å². The number of amides is 1. The van der Waals surface area contributed by atoms with Crippen LogP contribution >= 0.6 is 0 Å². The van der Waals surface area contributed by atoms with Gasteiger partial charge in [-0.05, 0) is 17.0 Å². The van der Waals surface area contributed by atoms with Crippen LogP contribution in [0.25, 0.3) is 0 Å². The van der Waals surface area contributed by atoms with Crippen molar-refractivity contribution in [3.05, 3.63) is 42.0 Å². The average Bonchev–Trinajstić information content (AvgIpc) is 2.74. The van der Waals surface area contributed by atoms with Gasteiger partial charge in [-0.25, -0.2) is 0 Å². The molecule has 2 aromatic heterocycles. The Kier molecular flexibility index (Phi) is 3.38. The highest BCUT2D eigenvalue weighted by Crippen LogP contribution is 2.21. The summed E-state index contributed by atoms with van der Waals surface area (Å²) in [6.45, 7) is 6.33. The summed E-state index contributed by atoms with van der Waals surface area (Å²) < 4.78 is 1.63. The standard InChI is InChI=1S/C14H18N4O/c1-14(2,3)10-5-6-12(15-7-10)13(19)17-11-8-16-18(4)9-11/h5-9H,1-4H3,(H,17,19). The van der Waals surface area contributed by atoms with Gasteiger partial charge in [0.1, 0.15) is 5.69 Å². The topological polar surface area (TPSA) is 59.8 Å². The summed E-state index contributed by atoms with van der Waals surface area (Å²) in [4.78, 5) is 16.2. The molecule has 0 spiro atoms. The van der Waals surface area contributed by atoms with Crippen LogP contribution in [0, 0.1) is 0 Å². The Morgan fingerprint density at radius 2 is 2.00 bits per heavy atom. The molecule has 19 heavy (non-hydrogen) atoms. The number of rotatable bonds is 2. The summed E-state index contributed by atoms with van der Waals surface area (Å²) in [6, 6.07) is 3.68. The van der Waals surface area contributed by atoms with E-state index in [-0.39, 0.29) is 11.3 Å². The van der Waals surface area contributed by atoms with Gasteiger partial charge in [-0.2, -0.15) is 5.10 Å². The van der Waals surface area contributed by atoms with E-state index in [9.17, 15) is 4.79 Å². The highest BCUT2D eigenvalue weighted by molar-refractivity contribution is 6.02. The fourth-order valence-corrected chi connectivity index (χ4v) is 1.65. The monoisotopic (exact) mass is 258 g/mol. The Balaban J connectivity index is 2.12. The van der Waals surface area contributed by atoms with Crippen molar-refractivity contribution in [3.63, 3.8) is 0 Å². The van der Waals surface area contributed by atoms with E-state index in [0.717, 1.165) is 5.56 Å². The van der Waals surface area contributed by atoms with Crippen LogP contribution in [-0.4, -0.2) is 20.7 Å². The molecule has 0 saturated heterocycles. The lowest BCUT2D eigenvalue weighted by Crippen LogP contribution is -2.16. The normalized spacial score (nSPS) is 11.4. The van der Waals surface area contributed by atoms with Gasteiger partial charge >= 0.3 is 0 Å². The minimum absolute atomic E-state index is 0.0331. The summed E-state index contributed by atoms with van der Waals surface area (Å²) in [5.41, 5.74) is 2.20. The molecule has 0 unspecified atom stereocenters. The van der Waals surface area contributed by atoms with Crippen LogP contribution in [0.3, 0.4) is 0 Å². The van der Waals surface area contributed by atoms with E-state index in [0.29, 0.717) is 11.4 Å². The molecule has 5 nitrogen and oxygen atoms in total. The number of aryl methyl sites for hydroxylation is 1. The SMILES string of the molecule is Cn1cc(NC(=O)c2ccc(C(C)(C)C)cn2)cn1. The minimum Gasteiger partial charge on any atom is -0.318 e. The van der Waals surface area contributed by atoms with Gasteiger partial charge in [-0.3, -0.25) is 14.5 Å². The number of carbonyl (C=O) groups excluding carboxylic acids is 1. The Labute approximate surface area is 112 Å². The average molecular weight is 258 g/mol. The zero-order valence-electron chi connectivity index (χ0n) is 11.6. The molecule has 0 bridgehead atoms. The van der Waals surface area contributed by atoms with Crippen molar-refractivity contribution >= 4 is 11.6 Å². The molecule has 0 aliphatic rings. The smallest absolute Gasteiger partial charge is 0.274 e. The minimum atomic E-state index is -0.228. The summed E-state index contributed by atoms with van der Waals surface area (Å²) in [5, 5.41) is 6.74. The Morgan fingerprint density at radius 3 is 2.47 bits per heavy atom. The van der Waals surface area contributed by atoms with E-state index < -0.39 is 0 Å². The summed E-state index contributed by atoms with van der Waals surface area (Å²) in [7, 11) is 1.80. The summed E-state index contributed by atoms with van der Waals surface area (Å²) in [6.07, 6.45) is 5.08. The highest BCUT2D eigenvalue weighted by atomic mass is 16.1. The number of nitrogens with zero attached hydrogens (tertiary/aromatic N) is 3. The van der Waals surface area contributed by atoms with E-state index >= 15 is 0 Å². The third kappa shape index (κ3) is 3.19. The quantitative estimate of drug-likeness (QED) is 0.899. The van der Waals surface area contributed by atoms with Crippen molar-refractivity contribution in [1.82, 2.24) is 14.8 Å². The fraction of sp³-hybridized carbons (Fsp3) is 0.357. The molecule has 100 valence electrons. The second-order valence-corrected chi connectivity index (χ2v) is 5.54. The van der Waals surface area contributed by atoms with Gasteiger partial charge in [0.15, 0.2) is 0 Å². The van der Waals surface area contributed by atoms with Crippen molar-refractivity contribution in [2.75, 3.05) is 5.32 Å². The lowest BCUT2D eigenvalue weighted by molar-refractivity contribution is 0.102. The number of hydrogen-bond donors (Lipinski definition) is 1. The highest BCUT2D eigenvalue weighted by Gasteiger charge is 2.15. The van der Waals surface area contributed by atoms with Crippen molar-refractivity contribution in [3.8, 4) is 0 Å². The van der Waals surface area contributed by atoms with Crippen molar-refractivity contribution < 1.29 is 4.79 Å². The number of pyridine rings is 1. The number of anilines is 1. The van der Waals surface area contributed by atoms with Crippen molar-refractivity contribution in [2.24, 2.45) is 7.05 Å². The third-order valence-electron chi connectivity index (χ3n) is 2.82. The molecule has 0 radical (unpaired) electrons. The number of carbonyl (C=O) groups is 1. The first-order chi connectivity index (χ1) is 8.86. The van der Waals surface area contributed by atoms with Gasteiger partial charge in [-0.1, -0.05) is 26.8 Å². The Morgan fingerprint density at radius 1 is 1.26 bits per heavy atom. The van der Waals surface area contributed by atoms with Gasteiger partial charge in [0.2, 0.25) is 0 Å². The van der Waals surface area contributed by atoms with Gasteiger partial charge in [-0.15, -0.1) is 0 Å². The van der Waals surface area contributed by atoms with Crippen LogP contribution < -0.4 is 5.32 Å². The third-order valence-corrected chi connectivity index (χ3v) is 2.82. The van der Waals surface area contributed by atoms with Crippen molar-refractivity contribution in [1.29, 1.82) is 0 Å². The van der Waals surface area contributed by atoms with Crippen LogP contribution in [0.5, 0.6) is 0 Å². The Bertz CT molecular complexity index is 578. The van der Waals surface area contributed by atoms with Crippen molar-refractivity contribution in [2.45, 2.75) is 26.2 Å². The van der Waals surface area contributed by atoms with Gasteiger partial charge < -0.3 is 5.32 Å². The van der Waals surface area contributed by atoms with Gasteiger partial charge in [0, 0.05) is 19.4 Å². The molecule has 0 atom stereocenters. The zero-order chi connectivity index (χ0) is 14.0. The zero-order valence-corrected chi connectivity index (χ0v) is 11.6. The molecule has 0 saturated carbocycles. The van der Waals surface area contributed by atoms with E-state index in [1.54, 1.807) is 36.4 Å². The fourth-order valence-electron chi connectivity index (χ4n) is 1.65. The Hall–Kier alpha value is -2.17. The molecule has 2 heterocycles. The predicted octanol–water partition coefficient (Wildman–Crippen LogP) is 2.36. The lowest BCUT2D eigenvalue weighted by atomic mass is 9.88. The molecular weight excluding hydrogens is 240 g/mol. The number of nitrogens with one attached hydrogen (secondary N) is 1. The predicted molar refractivity (Wildman–Crippen MR) is 74.1 cm³/mol. The maximum atomic E-state index is 12.0. The number of hydrogen-bond acceptors (Lipinski definition) is 3. The second-order valence-electron chi connectivity index (χ2n) is 5.54. The molecule has 5 heteroatoms.